The minimum Gasteiger partial charge on any atom is -0.489 e. The third-order valence-electron chi connectivity index (χ3n) is 9.17. The van der Waals surface area contributed by atoms with Crippen LogP contribution in [0.5, 0.6) is 5.75 Å². The first kappa shape index (κ1) is 20.7. The van der Waals surface area contributed by atoms with Crippen LogP contribution >= 0.6 is 0 Å². The minimum atomic E-state index is -0.785. The van der Waals surface area contributed by atoms with Crippen molar-refractivity contribution < 1.29 is 9.84 Å². The van der Waals surface area contributed by atoms with E-state index >= 15 is 0 Å². The second kappa shape index (κ2) is 7.43. The summed E-state index contributed by atoms with van der Waals surface area (Å²) in [6.45, 7) is 4.83. The molecule has 2 fully saturated rings. The summed E-state index contributed by atoms with van der Waals surface area (Å²) in [5.74, 6) is 1.71. The number of nitrogens with zero attached hydrogens (tertiary/aromatic N) is 2. The average molecular weight is 456 g/mol. The van der Waals surface area contributed by atoms with Gasteiger partial charge in [0, 0.05) is 36.5 Å². The predicted octanol–water partition coefficient (Wildman–Crippen LogP) is 4.11. The van der Waals surface area contributed by atoms with E-state index in [1.807, 2.05) is 18.2 Å². The molecule has 176 valence electrons. The first-order valence-electron chi connectivity index (χ1n) is 12.8. The molecule has 0 amide bonds. The van der Waals surface area contributed by atoms with Gasteiger partial charge in [-0.3, -0.25) is 10.00 Å². The molecule has 2 N–H and O–H groups in total. The Labute approximate surface area is 201 Å². The van der Waals surface area contributed by atoms with E-state index < -0.39 is 5.60 Å². The Hall–Kier alpha value is -2.63. The summed E-state index contributed by atoms with van der Waals surface area (Å²) in [7, 11) is 0. The molecule has 3 atom stereocenters. The number of ether oxygens (including phenoxy) is 1. The van der Waals surface area contributed by atoms with E-state index in [1.165, 1.54) is 29.5 Å². The number of piperidine rings is 1. The summed E-state index contributed by atoms with van der Waals surface area (Å²) in [6.07, 6.45) is 6.04. The Balaban J connectivity index is 1.30. The van der Waals surface area contributed by atoms with Gasteiger partial charge in [0.1, 0.15) is 12.4 Å². The van der Waals surface area contributed by atoms with Crippen molar-refractivity contribution in [3.8, 4) is 5.75 Å². The molecular weight excluding hydrogens is 422 g/mol. The highest BCUT2D eigenvalue weighted by atomic mass is 16.5. The molecule has 34 heavy (non-hydrogen) atoms. The monoisotopic (exact) mass is 455 g/mol. The van der Waals surface area contributed by atoms with E-state index in [0.717, 1.165) is 61.0 Å². The highest BCUT2D eigenvalue weighted by Crippen LogP contribution is 2.57. The molecule has 1 saturated heterocycles. The standard InChI is InChI=1S/C29H33N3O2/c1-19-24-15-29(33)27-13-22-9-10-23(34-18-21-5-3-2-4-6-21)14-25(22)28(29,16-26(24)31-30-19)11-12-32(27)17-20-7-8-20/h2-6,9-10,14,20,27,33H,7-8,11-13,15-18H2,1H3,(H,30,31)/t27-,28-,29-/m1/s1. The van der Waals surface area contributed by atoms with Crippen molar-refractivity contribution in [2.75, 3.05) is 13.1 Å². The molecule has 1 aliphatic heterocycles. The first-order valence-corrected chi connectivity index (χ1v) is 12.8. The summed E-state index contributed by atoms with van der Waals surface area (Å²) in [6, 6.07) is 17.1. The van der Waals surface area contributed by atoms with Crippen molar-refractivity contribution in [3.05, 3.63) is 82.2 Å². The Morgan fingerprint density at radius 2 is 2.00 bits per heavy atom. The molecule has 3 aromatic rings. The van der Waals surface area contributed by atoms with Gasteiger partial charge in [0.25, 0.3) is 0 Å². The normalized spacial score (nSPS) is 29.8. The van der Waals surface area contributed by atoms with Crippen LogP contribution < -0.4 is 4.74 Å². The van der Waals surface area contributed by atoms with Crippen molar-refractivity contribution in [1.29, 1.82) is 0 Å². The molecule has 2 bridgehead atoms. The lowest BCUT2D eigenvalue weighted by atomic mass is 9.49. The highest BCUT2D eigenvalue weighted by molar-refractivity contribution is 5.52. The Morgan fingerprint density at radius 1 is 1.15 bits per heavy atom. The third-order valence-corrected chi connectivity index (χ3v) is 9.17. The van der Waals surface area contributed by atoms with Crippen LogP contribution in [-0.2, 0) is 31.3 Å². The molecule has 4 aliphatic rings. The van der Waals surface area contributed by atoms with E-state index in [0.29, 0.717) is 13.0 Å². The molecule has 3 aliphatic carbocycles. The number of benzene rings is 2. The zero-order valence-electron chi connectivity index (χ0n) is 19.9. The van der Waals surface area contributed by atoms with Gasteiger partial charge in [-0.05, 0) is 79.5 Å². The Morgan fingerprint density at radius 3 is 2.82 bits per heavy atom. The van der Waals surface area contributed by atoms with Crippen molar-refractivity contribution in [3.63, 3.8) is 0 Å². The van der Waals surface area contributed by atoms with E-state index in [4.69, 9.17) is 4.74 Å². The zero-order valence-corrected chi connectivity index (χ0v) is 19.9. The maximum absolute atomic E-state index is 12.7. The number of aromatic nitrogens is 2. The summed E-state index contributed by atoms with van der Waals surface area (Å²) in [5, 5.41) is 20.6. The van der Waals surface area contributed by atoms with E-state index in [9.17, 15) is 5.11 Å². The van der Waals surface area contributed by atoms with Crippen LogP contribution in [0, 0.1) is 12.8 Å². The van der Waals surface area contributed by atoms with Gasteiger partial charge in [0.2, 0.25) is 0 Å². The van der Waals surface area contributed by atoms with Crippen LogP contribution in [-0.4, -0.2) is 44.9 Å². The fourth-order valence-electron chi connectivity index (χ4n) is 7.12. The molecule has 7 rings (SSSR count). The fraction of sp³-hybridized carbons (Fsp3) is 0.483. The van der Waals surface area contributed by atoms with Gasteiger partial charge in [-0.15, -0.1) is 0 Å². The number of H-pyrrole nitrogens is 1. The number of fused-ring (bicyclic) bond motifs is 2. The largest absolute Gasteiger partial charge is 0.489 e. The van der Waals surface area contributed by atoms with Crippen LogP contribution in [0.25, 0.3) is 0 Å². The van der Waals surface area contributed by atoms with Gasteiger partial charge in [0.15, 0.2) is 0 Å². The molecule has 1 aromatic heterocycles. The van der Waals surface area contributed by atoms with Crippen LogP contribution in [0.1, 0.15) is 52.9 Å². The van der Waals surface area contributed by atoms with Gasteiger partial charge in [-0.2, -0.15) is 5.10 Å². The van der Waals surface area contributed by atoms with Crippen LogP contribution in [0.4, 0.5) is 0 Å². The second-order valence-electron chi connectivity index (χ2n) is 11.1. The number of aryl methyl sites for hydroxylation is 1. The average Bonchev–Trinajstić information content (AvgIpc) is 3.61. The van der Waals surface area contributed by atoms with Crippen molar-refractivity contribution in [2.45, 2.75) is 69.1 Å². The number of hydrogen-bond donors (Lipinski definition) is 2. The van der Waals surface area contributed by atoms with Crippen molar-refractivity contribution in [2.24, 2.45) is 5.92 Å². The Bertz CT molecular complexity index is 1230. The van der Waals surface area contributed by atoms with Crippen LogP contribution in [0.3, 0.4) is 0 Å². The molecule has 5 heteroatoms. The molecular formula is C29H33N3O2. The number of hydrogen-bond acceptors (Lipinski definition) is 4. The molecule has 5 nitrogen and oxygen atoms in total. The van der Waals surface area contributed by atoms with Crippen molar-refractivity contribution >= 4 is 0 Å². The summed E-state index contributed by atoms with van der Waals surface area (Å²) in [5.41, 5.74) is 6.20. The quantitative estimate of drug-likeness (QED) is 0.608. The van der Waals surface area contributed by atoms with Gasteiger partial charge >= 0.3 is 0 Å². The number of aliphatic hydroxyl groups is 1. The fourth-order valence-corrected chi connectivity index (χ4v) is 7.12. The molecule has 0 radical (unpaired) electrons. The Kier molecular flexibility index (Phi) is 4.53. The van der Waals surface area contributed by atoms with E-state index in [-0.39, 0.29) is 11.5 Å². The molecule has 0 spiro atoms. The molecule has 2 aromatic carbocycles. The predicted molar refractivity (Wildman–Crippen MR) is 131 cm³/mol. The molecule has 0 unspecified atom stereocenters. The summed E-state index contributed by atoms with van der Waals surface area (Å²) >= 11 is 0. The number of nitrogens with one attached hydrogen (secondary N) is 1. The van der Waals surface area contributed by atoms with E-state index in [1.54, 1.807) is 0 Å². The van der Waals surface area contributed by atoms with E-state index in [2.05, 4.69) is 52.4 Å². The maximum Gasteiger partial charge on any atom is 0.120 e. The first-order chi connectivity index (χ1) is 16.6. The third kappa shape index (κ3) is 3.03. The number of aromatic amines is 1. The lowest BCUT2D eigenvalue weighted by Crippen LogP contribution is -2.74. The lowest BCUT2D eigenvalue weighted by Gasteiger charge is -2.63. The summed E-state index contributed by atoms with van der Waals surface area (Å²) in [4.78, 5) is 2.62. The minimum absolute atomic E-state index is 0.160. The molecule has 2 heterocycles. The number of likely N-dealkylation sites (tertiary alicyclic amines) is 1. The van der Waals surface area contributed by atoms with Gasteiger partial charge in [0.05, 0.1) is 11.3 Å². The second-order valence-corrected chi connectivity index (χ2v) is 11.1. The summed E-state index contributed by atoms with van der Waals surface area (Å²) < 4.78 is 6.25. The van der Waals surface area contributed by atoms with Gasteiger partial charge < -0.3 is 9.84 Å². The van der Waals surface area contributed by atoms with Gasteiger partial charge in [-0.1, -0.05) is 36.4 Å². The maximum atomic E-state index is 12.7. The highest BCUT2D eigenvalue weighted by Gasteiger charge is 2.65. The lowest BCUT2D eigenvalue weighted by molar-refractivity contribution is -0.152. The van der Waals surface area contributed by atoms with Crippen LogP contribution in [0.2, 0.25) is 0 Å². The SMILES string of the molecule is Cc1[nH]nc2c1C[C@@]1(O)[C@H]3Cc4ccc(OCc5ccccc5)cc4[C@@]1(CCN3CC1CC1)C2. The zero-order chi connectivity index (χ0) is 22.9. The smallest absolute Gasteiger partial charge is 0.120 e. The van der Waals surface area contributed by atoms with Crippen LogP contribution in [0.15, 0.2) is 48.5 Å². The number of rotatable bonds is 5. The van der Waals surface area contributed by atoms with Crippen molar-refractivity contribution in [1.82, 2.24) is 15.1 Å². The molecule has 1 saturated carbocycles. The van der Waals surface area contributed by atoms with Gasteiger partial charge in [-0.25, -0.2) is 0 Å². The topological polar surface area (TPSA) is 61.4 Å².